The number of likely N-dealkylation sites (tertiary alicyclic amines) is 1. The molecule has 20 heavy (non-hydrogen) atoms. The van der Waals surface area contributed by atoms with Crippen LogP contribution in [0.2, 0.25) is 0 Å². The van der Waals surface area contributed by atoms with Crippen LogP contribution in [0, 0.1) is 6.92 Å². The molecule has 108 valence electrons. The molecule has 0 aromatic carbocycles. The lowest BCUT2D eigenvalue weighted by Crippen LogP contribution is -2.34. The Kier molecular flexibility index (Phi) is 4.55. The van der Waals surface area contributed by atoms with Gasteiger partial charge in [-0.2, -0.15) is 0 Å². The van der Waals surface area contributed by atoms with Crippen molar-refractivity contribution in [1.82, 2.24) is 15.4 Å². The molecule has 6 nitrogen and oxygen atoms in total. The monoisotopic (exact) mass is 277 g/mol. The van der Waals surface area contributed by atoms with Crippen molar-refractivity contribution in [3.8, 4) is 0 Å². The summed E-state index contributed by atoms with van der Waals surface area (Å²) < 4.78 is 5.08. The highest BCUT2D eigenvalue weighted by molar-refractivity contribution is 5.87. The number of nitrogens with zero attached hydrogens (tertiary/aromatic N) is 2. The average Bonchev–Trinajstić information content (AvgIpc) is 3.06. The lowest BCUT2D eigenvalue weighted by Gasteiger charge is -2.23. The van der Waals surface area contributed by atoms with Crippen LogP contribution in [0.4, 0.5) is 0 Å². The molecule has 0 aliphatic carbocycles. The molecule has 1 aromatic heterocycles. The molecule has 0 spiro atoms. The van der Waals surface area contributed by atoms with E-state index in [4.69, 9.17) is 4.52 Å². The van der Waals surface area contributed by atoms with Gasteiger partial charge in [0.15, 0.2) is 0 Å². The second kappa shape index (κ2) is 6.36. The van der Waals surface area contributed by atoms with E-state index in [2.05, 4.69) is 17.1 Å². The van der Waals surface area contributed by atoms with Crippen LogP contribution in [-0.2, 0) is 9.59 Å². The molecule has 0 radical (unpaired) electrons. The van der Waals surface area contributed by atoms with Crippen molar-refractivity contribution in [2.24, 2.45) is 0 Å². The van der Waals surface area contributed by atoms with Crippen LogP contribution in [-0.4, -0.2) is 35.0 Å². The van der Waals surface area contributed by atoms with Gasteiger partial charge in [-0.3, -0.25) is 9.59 Å². The molecule has 1 fully saturated rings. The van der Waals surface area contributed by atoms with Crippen molar-refractivity contribution in [2.75, 3.05) is 13.1 Å². The highest BCUT2D eigenvalue weighted by Gasteiger charge is 2.31. The number of aryl methyl sites for hydroxylation is 1. The quantitative estimate of drug-likeness (QED) is 0.824. The summed E-state index contributed by atoms with van der Waals surface area (Å²) >= 11 is 0. The Morgan fingerprint density at radius 3 is 3.10 bits per heavy atom. The molecule has 2 amide bonds. The van der Waals surface area contributed by atoms with E-state index in [-0.39, 0.29) is 24.3 Å². The van der Waals surface area contributed by atoms with E-state index in [1.165, 1.54) is 6.08 Å². The van der Waals surface area contributed by atoms with Gasteiger partial charge < -0.3 is 14.7 Å². The van der Waals surface area contributed by atoms with Gasteiger partial charge in [0, 0.05) is 25.6 Å². The van der Waals surface area contributed by atoms with E-state index in [1.54, 1.807) is 0 Å². The van der Waals surface area contributed by atoms with Gasteiger partial charge in [0.2, 0.25) is 11.8 Å². The molecule has 2 rings (SSSR count). The van der Waals surface area contributed by atoms with Crippen LogP contribution in [0.3, 0.4) is 0 Å². The Balaban J connectivity index is 1.91. The summed E-state index contributed by atoms with van der Waals surface area (Å²) in [5.74, 6) is 0.512. The van der Waals surface area contributed by atoms with Crippen molar-refractivity contribution in [1.29, 1.82) is 0 Å². The molecule has 1 saturated heterocycles. The van der Waals surface area contributed by atoms with E-state index in [9.17, 15) is 9.59 Å². The second-order valence-electron chi connectivity index (χ2n) is 4.85. The largest absolute Gasteiger partial charge is 0.361 e. The van der Waals surface area contributed by atoms with Gasteiger partial charge in [-0.1, -0.05) is 11.7 Å². The predicted octanol–water partition coefficient (Wildman–Crippen LogP) is 1.34. The van der Waals surface area contributed by atoms with E-state index in [0.29, 0.717) is 6.54 Å². The van der Waals surface area contributed by atoms with Gasteiger partial charge in [0.05, 0.1) is 6.04 Å². The highest BCUT2D eigenvalue weighted by atomic mass is 16.5. The Bertz CT molecular complexity index is 510. The van der Waals surface area contributed by atoms with E-state index < -0.39 is 0 Å². The standard InChI is InChI=1S/C14H19N3O3/c1-3-13(18)15-7-6-14(19)17-8-4-5-12(17)11-9-10(2)20-16-11/h3,9,12H,1,4-8H2,2H3,(H,15,18). The summed E-state index contributed by atoms with van der Waals surface area (Å²) in [6.07, 6.45) is 3.34. The van der Waals surface area contributed by atoms with Crippen molar-refractivity contribution in [3.63, 3.8) is 0 Å². The third-order valence-corrected chi connectivity index (χ3v) is 3.38. The number of amides is 2. The molecule has 1 N–H and O–H groups in total. The van der Waals surface area contributed by atoms with Gasteiger partial charge in [-0.05, 0) is 25.8 Å². The fourth-order valence-corrected chi connectivity index (χ4v) is 2.42. The number of rotatable bonds is 5. The zero-order valence-electron chi connectivity index (χ0n) is 11.6. The van der Waals surface area contributed by atoms with E-state index in [0.717, 1.165) is 30.8 Å². The molecule has 1 aromatic rings. The molecule has 1 unspecified atom stereocenters. The van der Waals surface area contributed by atoms with Crippen LogP contribution < -0.4 is 5.32 Å². The average molecular weight is 277 g/mol. The molecule has 0 bridgehead atoms. The third kappa shape index (κ3) is 3.26. The number of carbonyl (C=O) groups is 2. The Morgan fingerprint density at radius 1 is 1.65 bits per heavy atom. The molecular weight excluding hydrogens is 258 g/mol. The molecule has 1 atom stereocenters. The minimum absolute atomic E-state index is 0.00458. The number of aromatic nitrogens is 1. The van der Waals surface area contributed by atoms with Crippen molar-refractivity contribution < 1.29 is 14.1 Å². The Hall–Kier alpha value is -2.11. The number of nitrogens with one attached hydrogen (secondary N) is 1. The van der Waals surface area contributed by atoms with E-state index in [1.807, 2.05) is 17.9 Å². The summed E-state index contributed by atoms with van der Waals surface area (Å²) in [7, 11) is 0. The fourth-order valence-electron chi connectivity index (χ4n) is 2.42. The molecule has 0 saturated carbocycles. The SMILES string of the molecule is C=CC(=O)NCCC(=O)N1CCCC1c1cc(C)on1. The summed E-state index contributed by atoms with van der Waals surface area (Å²) in [5.41, 5.74) is 0.809. The van der Waals surface area contributed by atoms with Gasteiger partial charge in [0.25, 0.3) is 0 Å². The van der Waals surface area contributed by atoms with Gasteiger partial charge in [-0.15, -0.1) is 0 Å². The van der Waals surface area contributed by atoms with Crippen LogP contribution in [0.5, 0.6) is 0 Å². The number of hydrogen-bond donors (Lipinski definition) is 1. The maximum atomic E-state index is 12.2. The van der Waals surface area contributed by atoms with Crippen molar-refractivity contribution >= 4 is 11.8 Å². The molecule has 2 heterocycles. The first-order valence-corrected chi connectivity index (χ1v) is 6.74. The van der Waals surface area contributed by atoms with Crippen LogP contribution in [0.1, 0.15) is 36.8 Å². The maximum absolute atomic E-state index is 12.2. The molecule has 6 heteroatoms. The van der Waals surface area contributed by atoms with Crippen LogP contribution in [0.15, 0.2) is 23.2 Å². The lowest BCUT2D eigenvalue weighted by molar-refractivity contribution is -0.132. The Labute approximate surface area is 117 Å². The van der Waals surface area contributed by atoms with Crippen LogP contribution in [0.25, 0.3) is 0 Å². The highest BCUT2D eigenvalue weighted by Crippen LogP contribution is 2.31. The van der Waals surface area contributed by atoms with Gasteiger partial charge in [-0.25, -0.2) is 0 Å². The number of hydrogen-bond acceptors (Lipinski definition) is 4. The first kappa shape index (κ1) is 14.3. The minimum Gasteiger partial charge on any atom is -0.361 e. The van der Waals surface area contributed by atoms with Crippen molar-refractivity contribution in [3.05, 3.63) is 30.2 Å². The third-order valence-electron chi connectivity index (χ3n) is 3.38. The molecular formula is C14H19N3O3. The fraction of sp³-hybridized carbons (Fsp3) is 0.500. The first-order valence-electron chi connectivity index (χ1n) is 6.74. The van der Waals surface area contributed by atoms with Crippen molar-refractivity contribution in [2.45, 2.75) is 32.2 Å². The van der Waals surface area contributed by atoms with Crippen LogP contribution >= 0.6 is 0 Å². The van der Waals surface area contributed by atoms with Gasteiger partial charge in [0.1, 0.15) is 11.5 Å². The lowest BCUT2D eigenvalue weighted by atomic mass is 10.1. The topological polar surface area (TPSA) is 75.4 Å². The molecule has 1 aliphatic rings. The summed E-state index contributed by atoms with van der Waals surface area (Å²) in [4.78, 5) is 25.0. The normalized spacial score (nSPS) is 18.1. The zero-order valence-corrected chi connectivity index (χ0v) is 11.6. The predicted molar refractivity (Wildman–Crippen MR) is 72.8 cm³/mol. The minimum atomic E-state index is -0.261. The Morgan fingerprint density at radius 2 is 2.45 bits per heavy atom. The second-order valence-corrected chi connectivity index (χ2v) is 4.85. The summed E-state index contributed by atoms with van der Waals surface area (Å²) in [6.45, 7) is 6.25. The summed E-state index contributed by atoms with van der Waals surface area (Å²) in [5, 5.41) is 6.61. The first-order chi connectivity index (χ1) is 9.61. The van der Waals surface area contributed by atoms with Gasteiger partial charge >= 0.3 is 0 Å². The zero-order chi connectivity index (χ0) is 14.5. The maximum Gasteiger partial charge on any atom is 0.243 e. The number of carbonyl (C=O) groups excluding carboxylic acids is 2. The smallest absolute Gasteiger partial charge is 0.243 e. The van der Waals surface area contributed by atoms with E-state index >= 15 is 0 Å². The summed E-state index contributed by atoms with van der Waals surface area (Å²) in [6, 6.07) is 1.87. The molecule has 1 aliphatic heterocycles.